The number of likely N-dealkylation sites (tertiary alicyclic amines) is 1. The molecule has 218 valence electrons. The van der Waals surface area contributed by atoms with Crippen LogP contribution in [-0.2, 0) is 11.0 Å². The van der Waals surface area contributed by atoms with Gasteiger partial charge in [0.2, 0.25) is 5.91 Å². The summed E-state index contributed by atoms with van der Waals surface area (Å²) < 4.78 is 38.8. The van der Waals surface area contributed by atoms with E-state index in [9.17, 15) is 27.9 Å². The summed E-state index contributed by atoms with van der Waals surface area (Å²) >= 11 is 0. The Bertz CT molecular complexity index is 1310. The van der Waals surface area contributed by atoms with Crippen LogP contribution in [0.5, 0.6) is 0 Å². The smallest absolute Gasteiger partial charge is 0.387 e. The first-order valence-electron chi connectivity index (χ1n) is 13.5. The third-order valence-corrected chi connectivity index (χ3v) is 7.17. The molecule has 1 aliphatic rings. The van der Waals surface area contributed by atoms with Gasteiger partial charge in [-0.25, -0.2) is 9.97 Å². The standard InChI is InChI=1S/C29H33F3N6O3/c1-2-23(7-9-26(39)25-8-6-20(15-35-25)21-13-33-18-34-14-21)37-24-10-11-38(17-24)27(40)16-36-28(41)19-4-3-5-22(12-19)29(30,31)32/h3-6,8,12-15,18,23-24,26,37,39H,2,7,9-11,16-17H2,1H3,(H,36,41). The average Bonchev–Trinajstić information content (AvgIpc) is 3.46. The number of hydrogen-bond acceptors (Lipinski definition) is 7. The van der Waals surface area contributed by atoms with Crippen LogP contribution in [-0.4, -0.2) is 68.5 Å². The third kappa shape index (κ3) is 8.30. The van der Waals surface area contributed by atoms with Gasteiger partial charge in [-0.05, 0) is 49.9 Å². The second kappa shape index (κ2) is 13.6. The topological polar surface area (TPSA) is 120 Å². The molecule has 1 aromatic carbocycles. The second-order valence-corrected chi connectivity index (χ2v) is 10.1. The molecule has 3 N–H and O–H groups in total. The van der Waals surface area contributed by atoms with Crippen molar-refractivity contribution in [2.75, 3.05) is 19.6 Å². The van der Waals surface area contributed by atoms with Crippen molar-refractivity contribution in [2.24, 2.45) is 0 Å². The van der Waals surface area contributed by atoms with E-state index in [0.29, 0.717) is 31.6 Å². The van der Waals surface area contributed by atoms with E-state index in [1.54, 1.807) is 29.6 Å². The molecule has 0 bridgehead atoms. The van der Waals surface area contributed by atoms with Gasteiger partial charge in [-0.2, -0.15) is 13.2 Å². The Labute approximate surface area is 236 Å². The van der Waals surface area contributed by atoms with Crippen LogP contribution in [0.15, 0.2) is 61.3 Å². The molecule has 0 radical (unpaired) electrons. The van der Waals surface area contributed by atoms with E-state index >= 15 is 0 Å². The van der Waals surface area contributed by atoms with Gasteiger partial charge in [0.25, 0.3) is 5.91 Å². The molecule has 41 heavy (non-hydrogen) atoms. The van der Waals surface area contributed by atoms with E-state index in [1.165, 1.54) is 12.4 Å². The van der Waals surface area contributed by atoms with Crippen LogP contribution in [0.1, 0.15) is 60.3 Å². The Morgan fingerprint density at radius 1 is 1.10 bits per heavy atom. The van der Waals surface area contributed by atoms with E-state index < -0.39 is 23.8 Å². The van der Waals surface area contributed by atoms with Crippen LogP contribution in [0, 0.1) is 0 Å². The Hall–Kier alpha value is -3.90. The summed E-state index contributed by atoms with van der Waals surface area (Å²) in [5.41, 5.74) is 1.23. The zero-order chi connectivity index (χ0) is 29.4. The fraction of sp³-hybridized carbons (Fsp3) is 0.414. The van der Waals surface area contributed by atoms with Crippen molar-refractivity contribution in [2.45, 2.75) is 57.0 Å². The number of aliphatic hydroxyl groups excluding tert-OH is 1. The summed E-state index contributed by atoms with van der Waals surface area (Å²) in [5.74, 6) is -1.03. The molecule has 3 aromatic rings. The second-order valence-electron chi connectivity index (χ2n) is 10.1. The molecule has 1 fully saturated rings. The van der Waals surface area contributed by atoms with Gasteiger partial charge < -0.3 is 20.6 Å². The molecular formula is C29H33F3N6O3. The van der Waals surface area contributed by atoms with Crippen LogP contribution in [0.25, 0.3) is 11.1 Å². The minimum atomic E-state index is -4.56. The van der Waals surface area contributed by atoms with Gasteiger partial charge in [0.1, 0.15) is 6.33 Å². The van der Waals surface area contributed by atoms with Gasteiger partial charge in [0.15, 0.2) is 0 Å². The lowest BCUT2D eigenvalue weighted by Gasteiger charge is -2.23. The number of aromatic nitrogens is 3. The highest BCUT2D eigenvalue weighted by Gasteiger charge is 2.31. The van der Waals surface area contributed by atoms with E-state index in [4.69, 9.17) is 0 Å². The molecule has 9 nitrogen and oxygen atoms in total. The highest BCUT2D eigenvalue weighted by Crippen LogP contribution is 2.29. The van der Waals surface area contributed by atoms with Gasteiger partial charge in [-0.3, -0.25) is 14.6 Å². The molecule has 4 rings (SSSR count). The molecule has 2 aromatic heterocycles. The normalized spacial score (nSPS) is 16.8. The number of rotatable bonds is 11. The third-order valence-electron chi connectivity index (χ3n) is 7.17. The van der Waals surface area contributed by atoms with E-state index in [1.807, 2.05) is 6.07 Å². The number of benzene rings is 1. The Morgan fingerprint density at radius 2 is 1.88 bits per heavy atom. The zero-order valence-electron chi connectivity index (χ0n) is 22.6. The van der Waals surface area contributed by atoms with Crippen molar-refractivity contribution in [1.29, 1.82) is 0 Å². The van der Waals surface area contributed by atoms with Gasteiger partial charge in [0.05, 0.1) is 23.9 Å². The van der Waals surface area contributed by atoms with Gasteiger partial charge in [-0.15, -0.1) is 0 Å². The van der Waals surface area contributed by atoms with Crippen molar-refractivity contribution in [3.63, 3.8) is 0 Å². The average molecular weight is 571 g/mol. The molecule has 3 unspecified atom stereocenters. The van der Waals surface area contributed by atoms with Crippen LogP contribution < -0.4 is 10.6 Å². The molecule has 2 amide bonds. The highest BCUT2D eigenvalue weighted by atomic mass is 19.4. The minimum Gasteiger partial charge on any atom is -0.387 e. The van der Waals surface area contributed by atoms with Crippen LogP contribution in [0.4, 0.5) is 13.2 Å². The molecule has 0 spiro atoms. The maximum absolute atomic E-state index is 12.9. The summed E-state index contributed by atoms with van der Waals surface area (Å²) in [7, 11) is 0. The number of hydrogen-bond donors (Lipinski definition) is 3. The Balaban J connectivity index is 1.20. The first-order chi connectivity index (χ1) is 19.6. The highest BCUT2D eigenvalue weighted by molar-refractivity contribution is 5.96. The van der Waals surface area contributed by atoms with Crippen molar-refractivity contribution in [3.05, 3.63) is 78.1 Å². The van der Waals surface area contributed by atoms with E-state index in [-0.39, 0.29) is 30.1 Å². The fourth-order valence-corrected chi connectivity index (χ4v) is 4.80. The Kier molecular flexibility index (Phi) is 10.0. The lowest BCUT2D eigenvalue weighted by atomic mass is 10.0. The maximum Gasteiger partial charge on any atom is 0.416 e. The number of alkyl halides is 3. The molecular weight excluding hydrogens is 537 g/mol. The predicted molar refractivity (Wildman–Crippen MR) is 145 cm³/mol. The quantitative estimate of drug-likeness (QED) is 0.321. The Morgan fingerprint density at radius 3 is 2.56 bits per heavy atom. The van der Waals surface area contributed by atoms with E-state index in [2.05, 4.69) is 32.5 Å². The molecule has 1 aliphatic heterocycles. The number of halogens is 3. The number of carbonyl (C=O) groups is 2. The number of aliphatic hydroxyl groups is 1. The first-order valence-corrected chi connectivity index (χ1v) is 13.5. The van der Waals surface area contributed by atoms with Crippen molar-refractivity contribution < 1.29 is 27.9 Å². The molecule has 0 aliphatic carbocycles. The number of carbonyl (C=O) groups excluding carboxylic acids is 2. The van der Waals surface area contributed by atoms with Crippen LogP contribution in [0.2, 0.25) is 0 Å². The minimum absolute atomic E-state index is 0.0608. The zero-order valence-corrected chi connectivity index (χ0v) is 22.6. The largest absolute Gasteiger partial charge is 0.416 e. The van der Waals surface area contributed by atoms with Crippen molar-refractivity contribution in [1.82, 2.24) is 30.5 Å². The van der Waals surface area contributed by atoms with Gasteiger partial charge in [-0.1, -0.05) is 19.1 Å². The SMILES string of the molecule is CCC(CCC(O)c1ccc(-c2cncnc2)cn1)NC1CCN(C(=O)CNC(=O)c2cccc(C(F)(F)F)c2)C1. The fourth-order valence-electron chi connectivity index (χ4n) is 4.80. The molecule has 3 heterocycles. The number of amides is 2. The number of pyridine rings is 1. The van der Waals surface area contributed by atoms with Crippen molar-refractivity contribution in [3.8, 4) is 11.1 Å². The van der Waals surface area contributed by atoms with Gasteiger partial charge in [0, 0.05) is 60.5 Å². The van der Waals surface area contributed by atoms with Crippen molar-refractivity contribution >= 4 is 11.8 Å². The molecule has 12 heteroatoms. The maximum atomic E-state index is 12.9. The van der Waals surface area contributed by atoms with E-state index in [0.717, 1.165) is 42.2 Å². The lowest BCUT2D eigenvalue weighted by molar-refractivity contribution is -0.137. The molecule has 0 saturated carbocycles. The monoisotopic (exact) mass is 570 g/mol. The number of nitrogens with one attached hydrogen (secondary N) is 2. The van der Waals surface area contributed by atoms with Crippen LogP contribution in [0.3, 0.4) is 0 Å². The summed E-state index contributed by atoms with van der Waals surface area (Å²) in [4.78, 5) is 39.0. The number of nitrogens with zero attached hydrogens (tertiary/aromatic N) is 4. The predicted octanol–water partition coefficient (Wildman–Crippen LogP) is 3.77. The molecule has 1 saturated heterocycles. The lowest BCUT2D eigenvalue weighted by Crippen LogP contribution is -2.43. The van der Waals surface area contributed by atoms with Gasteiger partial charge >= 0.3 is 6.18 Å². The molecule has 3 atom stereocenters. The summed E-state index contributed by atoms with van der Waals surface area (Å²) in [5, 5.41) is 16.7. The van der Waals surface area contributed by atoms with Crippen LogP contribution >= 0.6 is 0 Å². The summed E-state index contributed by atoms with van der Waals surface area (Å²) in [6, 6.07) is 7.96. The summed E-state index contributed by atoms with van der Waals surface area (Å²) in [6.45, 7) is 2.73. The first kappa shape index (κ1) is 30.1. The summed E-state index contributed by atoms with van der Waals surface area (Å²) in [6.07, 6.45) is 4.09.